The van der Waals surface area contributed by atoms with E-state index in [4.69, 9.17) is 0 Å². The van der Waals surface area contributed by atoms with Crippen molar-refractivity contribution in [1.29, 1.82) is 0 Å². The van der Waals surface area contributed by atoms with Crippen molar-refractivity contribution >= 4 is 11.6 Å². The van der Waals surface area contributed by atoms with Gasteiger partial charge in [0.05, 0.1) is 0 Å². The number of anilines is 1. The monoisotopic (exact) mass is 318 g/mol. The molecule has 3 rings (SSSR count). The number of aromatic nitrogens is 1. The molecule has 0 bridgehead atoms. The lowest BCUT2D eigenvalue weighted by molar-refractivity contribution is -0.114. The molecule has 4 nitrogen and oxygen atoms in total. The zero-order valence-electron chi connectivity index (χ0n) is 13.6. The highest BCUT2D eigenvalue weighted by Crippen LogP contribution is 2.29. The van der Waals surface area contributed by atoms with Crippen LogP contribution >= 0.6 is 0 Å². The summed E-state index contributed by atoms with van der Waals surface area (Å²) in [6.45, 7) is 3.40. The van der Waals surface area contributed by atoms with Crippen LogP contribution in [-0.4, -0.2) is 10.9 Å². The van der Waals surface area contributed by atoms with Crippen molar-refractivity contribution in [2.24, 2.45) is 0 Å². The molecular weight excluding hydrogens is 300 g/mol. The van der Waals surface area contributed by atoms with Crippen LogP contribution in [0.2, 0.25) is 0 Å². The number of rotatable bonds is 3. The van der Waals surface area contributed by atoms with E-state index in [1.807, 2.05) is 67.6 Å². The molecule has 0 saturated carbocycles. The second-order valence-electron chi connectivity index (χ2n) is 5.71. The van der Waals surface area contributed by atoms with Crippen LogP contribution in [0.4, 0.5) is 5.69 Å². The molecule has 4 heteroatoms. The molecule has 3 aromatic rings. The molecule has 24 heavy (non-hydrogen) atoms. The number of hydrogen-bond acceptors (Lipinski definition) is 2. The Morgan fingerprint density at radius 3 is 2.25 bits per heavy atom. The summed E-state index contributed by atoms with van der Waals surface area (Å²) in [4.78, 5) is 26.9. The quantitative estimate of drug-likeness (QED) is 0.767. The maximum Gasteiger partial charge on any atom is 0.272 e. The Morgan fingerprint density at radius 2 is 1.62 bits per heavy atom. The zero-order chi connectivity index (χ0) is 17.1. The minimum absolute atomic E-state index is 0.269. The van der Waals surface area contributed by atoms with Gasteiger partial charge in [-0.2, -0.15) is 0 Å². The molecule has 0 aliphatic rings. The molecule has 2 aromatic carbocycles. The fourth-order valence-corrected chi connectivity index (χ4v) is 2.59. The number of carbonyl (C=O) groups is 1. The molecule has 0 saturated heterocycles. The van der Waals surface area contributed by atoms with Crippen molar-refractivity contribution in [3.8, 4) is 22.4 Å². The summed E-state index contributed by atoms with van der Waals surface area (Å²) in [7, 11) is 0. The van der Waals surface area contributed by atoms with E-state index in [2.05, 4.69) is 10.3 Å². The average molecular weight is 318 g/mol. The lowest BCUT2D eigenvalue weighted by Crippen LogP contribution is -2.19. The van der Waals surface area contributed by atoms with Crippen LogP contribution in [0.1, 0.15) is 12.5 Å². The summed E-state index contributed by atoms with van der Waals surface area (Å²) in [6, 6.07) is 19.4. The second kappa shape index (κ2) is 6.54. The SMILES string of the molecule is CC(=O)Nc1c(-c2ccc(C)cc2)cc(-c2ccccc2)[nH]c1=O. The molecule has 2 N–H and O–H groups in total. The van der Waals surface area contributed by atoms with E-state index in [-0.39, 0.29) is 17.2 Å². The van der Waals surface area contributed by atoms with E-state index < -0.39 is 0 Å². The Balaban J connectivity index is 2.22. The molecule has 0 fully saturated rings. The first-order valence-corrected chi connectivity index (χ1v) is 7.72. The molecule has 1 heterocycles. The highest BCUT2D eigenvalue weighted by Gasteiger charge is 2.13. The Labute approximate surface area is 140 Å². The van der Waals surface area contributed by atoms with E-state index in [0.717, 1.165) is 16.7 Å². The van der Waals surface area contributed by atoms with Crippen LogP contribution < -0.4 is 10.9 Å². The number of hydrogen-bond donors (Lipinski definition) is 2. The summed E-state index contributed by atoms with van der Waals surface area (Å²) in [5, 5.41) is 2.65. The first kappa shape index (κ1) is 15.7. The smallest absolute Gasteiger partial charge is 0.272 e. The van der Waals surface area contributed by atoms with Crippen molar-refractivity contribution in [3.63, 3.8) is 0 Å². The van der Waals surface area contributed by atoms with Gasteiger partial charge >= 0.3 is 0 Å². The second-order valence-corrected chi connectivity index (χ2v) is 5.71. The molecule has 0 radical (unpaired) electrons. The third-order valence-corrected chi connectivity index (χ3v) is 3.78. The number of amides is 1. The fraction of sp³-hybridized carbons (Fsp3) is 0.100. The van der Waals surface area contributed by atoms with Gasteiger partial charge in [0.15, 0.2) is 0 Å². The van der Waals surface area contributed by atoms with E-state index in [9.17, 15) is 9.59 Å². The van der Waals surface area contributed by atoms with Crippen molar-refractivity contribution in [1.82, 2.24) is 4.98 Å². The predicted molar refractivity (Wildman–Crippen MR) is 97.0 cm³/mol. The Hall–Kier alpha value is -3.14. The van der Waals surface area contributed by atoms with Gasteiger partial charge in [0.2, 0.25) is 5.91 Å². The number of aromatic amines is 1. The maximum atomic E-state index is 12.5. The molecule has 0 atom stereocenters. The molecule has 120 valence electrons. The van der Waals surface area contributed by atoms with Gasteiger partial charge in [0.1, 0.15) is 5.69 Å². The van der Waals surface area contributed by atoms with Gasteiger partial charge in [-0.3, -0.25) is 9.59 Å². The number of H-pyrrole nitrogens is 1. The molecular formula is C20H18N2O2. The van der Waals surface area contributed by atoms with Crippen molar-refractivity contribution in [3.05, 3.63) is 76.6 Å². The van der Waals surface area contributed by atoms with Gasteiger partial charge in [-0.25, -0.2) is 0 Å². The molecule has 1 amide bonds. The lowest BCUT2D eigenvalue weighted by atomic mass is 10.0. The van der Waals surface area contributed by atoms with Gasteiger partial charge in [0.25, 0.3) is 5.56 Å². The summed E-state index contributed by atoms with van der Waals surface area (Å²) in [6.07, 6.45) is 0. The van der Waals surface area contributed by atoms with Gasteiger partial charge < -0.3 is 10.3 Å². The summed E-state index contributed by atoms with van der Waals surface area (Å²) in [5.41, 5.74) is 4.30. The number of benzene rings is 2. The van der Waals surface area contributed by atoms with E-state index in [0.29, 0.717) is 11.3 Å². The molecule has 0 aliphatic carbocycles. The van der Waals surface area contributed by atoms with Crippen molar-refractivity contribution in [2.75, 3.05) is 5.32 Å². The number of aryl methyl sites for hydroxylation is 1. The van der Waals surface area contributed by atoms with Crippen LogP contribution in [0.15, 0.2) is 65.5 Å². The zero-order valence-corrected chi connectivity index (χ0v) is 13.6. The Morgan fingerprint density at radius 1 is 0.958 bits per heavy atom. The predicted octanol–water partition coefficient (Wildman–Crippen LogP) is 3.98. The van der Waals surface area contributed by atoms with E-state index in [1.54, 1.807) is 0 Å². The van der Waals surface area contributed by atoms with Crippen LogP contribution in [0.5, 0.6) is 0 Å². The minimum Gasteiger partial charge on any atom is -0.321 e. The summed E-state index contributed by atoms with van der Waals surface area (Å²) in [5.74, 6) is -0.277. The molecule has 1 aromatic heterocycles. The average Bonchev–Trinajstić information content (AvgIpc) is 2.58. The third-order valence-electron chi connectivity index (χ3n) is 3.78. The van der Waals surface area contributed by atoms with Crippen LogP contribution in [0, 0.1) is 6.92 Å². The molecule has 0 unspecified atom stereocenters. The van der Waals surface area contributed by atoms with E-state index >= 15 is 0 Å². The van der Waals surface area contributed by atoms with Gasteiger partial charge in [-0.15, -0.1) is 0 Å². The van der Waals surface area contributed by atoms with Crippen molar-refractivity contribution < 1.29 is 4.79 Å². The maximum absolute atomic E-state index is 12.5. The van der Waals surface area contributed by atoms with Crippen LogP contribution in [0.3, 0.4) is 0 Å². The molecule has 0 aliphatic heterocycles. The van der Waals surface area contributed by atoms with E-state index in [1.165, 1.54) is 6.92 Å². The highest BCUT2D eigenvalue weighted by atomic mass is 16.2. The fourth-order valence-electron chi connectivity index (χ4n) is 2.59. The lowest BCUT2D eigenvalue weighted by Gasteiger charge is -2.12. The van der Waals surface area contributed by atoms with Gasteiger partial charge in [-0.05, 0) is 24.1 Å². The van der Waals surface area contributed by atoms with Gasteiger partial charge in [0, 0.05) is 18.2 Å². The van der Waals surface area contributed by atoms with Crippen LogP contribution in [0.25, 0.3) is 22.4 Å². The minimum atomic E-state index is -0.317. The first-order chi connectivity index (χ1) is 11.5. The van der Waals surface area contributed by atoms with Crippen LogP contribution in [-0.2, 0) is 4.79 Å². The Kier molecular flexibility index (Phi) is 4.29. The first-order valence-electron chi connectivity index (χ1n) is 7.72. The third kappa shape index (κ3) is 3.27. The van der Waals surface area contributed by atoms with Gasteiger partial charge in [-0.1, -0.05) is 60.2 Å². The number of nitrogens with one attached hydrogen (secondary N) is 2. The number of carbonyl (C=O) groups excluding carboxylic acids is 1. The highest BCUT2D eigenvalue weighted by molar-refractivity contribution is 5.94. The summed E-state index contributed by atoms with van der Waals surface area (Å²) < 4.78 is 0. The number of pyridine rings is 1. The normalized spacial score (nSPS) is 10.4. The molecule has 0 spiro atoms. The Bertz CT molecular complexity index is 926. The standard InChI is InChI=1S/C20H18N2O2/c1-13-8-10-15(11-9-13)17-12-18(16-6-4-3-5-7-16)22-20(24)19(17)21-14(2)23/h3-12H,1-2H3,(H,21,23)(H,22,24). The summed E-state index contributed by atoms with van der Waals surface area (Å²) >= 11 is 0. The largest absolute Gasteiger partial charge is 0.321 e. The van der Waals surface area contributed by atoms with Crippen molar-refractivity contribution in [2.45, 2.75) is 13.8 Å². The topological polar surface area (TPSA) is 62.0 Å².